The summed E-state index contributed by atoms with van der Waals surface area (Å²) in [5.74, 6) is -0.528. The average Bonchev–Trinajstić information content (AvgIpc) is 2.31. The van der Waals surface area contributed by atoms with Crippen molar-refractivity contribution in [3.63, 3.8) is 0 Å². The summed E-state index contributed by atoms with van der Waals surface area (Å²) in [7, 11) is 0. The van der Waals surface area contributed by atoms with Crippen LogP contribution in [-0.4, -0.2) is 17.6 Å². The zero-order valence-electron chi connectivity index (χ0n) is 9.41. The fraction of sp³-hybridized carbons (Fsp3) is 0.364. The molecule has 4 nitrogen and oxygen atoms in total. The molecule has 0 aromatic carbocycles. The lowest BCUT2D eigenvalue weighted by atomic mass is 10.1. The maximum atomic E-state index is 12.6. The van der Waals surface area contributed by atoms with Crippen LogP contribution >= 0.6 is 15.9 Å². The van der Waals surface area contributed by atoms with Gasteiger partial charge in [-0.2, -0.15) is 5.26 Å². The van der Waals surface area contributed by atoms with Crippen molar-refractivity contribution in [1.29, 1.82) is 5.26 Å². The fourth-order valence-corrected chi connectivity index (χ4v) is 1.85. The van der Waals surface area contributed by atoms with Gasteiger partial charge in [0, 0.05) is 6.20 Å². The third kappa shape index (κ3) is 3.23. The lowest BCUT2D eigenvalue weighted by molar-refractivity contribution is -0.142. The summed E-state index contributed by atoms with van der Waals surface area (Å²) in [6.07, 6.45) is -2.06. The summed E-state index contributed by atoms with van der Waals surface area (Å²) in [5.41, 5.74) is -0.467. The van der Waals surface area contributed by atoms with Gasteiger partial charge in [-0.05, 0) is 22.9 Å². The largest absolute Gasteiger partial charge is 0.466 e. The number of rotatable bonds is 4. The van der Waals surface area contributed by atoms with Gasteiger partial charge >= 0.3 is 5.97 Å². The first-order valence-corrected chi connectivity index (χ1v) is 5.81. The highest BCUT2D eigenvalue weighted by molar-refractivity contribution is 9.10. The third-order valence-electron chi connectivity index (χ3n) is 2.09. The van der Waals surface area contributed by atoms with E-state index in [-0.39, 0.29) is 28.8 Å². The van der Waals surface area contributed by atoms with Crippen LogP contribution in [0.1, 0.15) is 30.2 Å². The van der Waals surface area contributed by atoms with Crippen molar-refractivity contribution < 1.29 is 18.3 Å². The van der Waals surface area contributed by atoms with E-state index in [1.54, 1.807) is 13.0 Å². The molecule has 0 saturated carbocycles. The number of ether oxygens (including phenoxy) is 1. The van der Waals surface area contributed by atoms with E-state index < -0.39 is 18.0 Å². The predicted molar refractivity (Wildman–Crippen MR) is 61.9 cm³/mol. The average molecular weight is 319 g/mol. The van der Waals surface area contributed by atoms with E-state index >= 15 is 0 Å². The van der Waals surface area contributed by atoms with E-state index in [4.69, 9.17) is 10.00 Å². The molecule has 0 bridgehead atoms. The number of carbonyl (C=O) groups excluding carboxylic acids is 1. The second kappa shape index (κ2) is 6.40. The molecule has 7 heteroatoms. The van der Waals surface area contributed by atoms with Crippen molar-refractivity contribution in [2.45, 2.75) is 19.8 Å². The van der Waals surface area contributed by atoms with E-state index in [0.717, 1.165) is 6.20 Å². The van der Waals surface area contributed by atoms with Gasteiger partial charge in [0.05, 0.1) is 34.3 Å². The molecule has 1 heterocycles. The standard InChI is InChI=1S/C11H9BrF2N2O2/c1-2-18-9(17)3-8-10(12)6(4-15)7(5-16-8)11(13)14/h5,11H,2-3H2,1H3. The van der Waals surface area contributed by atoms with Crippen LogP contribution in [0.5, 0.6) is 0 Å². The van der Waals surface area contributed by atoms with Gasteiger partial charge in [0.2, 0.25) is 0 Å². The summed E-state index contributed by atoms with van der Waals surface area (Å²) in [6.45, 7) is 1.87. The molecule has 0 aliphatic rings. The Bertz CT molecular complexity index is 501. The van der Waals surface area contributed by atoms with Gasteiger partial charge < -0.3 is 4.74 Å². The molecule has 1 rings (SSSR count). The maximum absolute atomic E-state index is 12.6. The molecule has 96 valence electrons. The van der Waals surface area contributed by atoms with Crippen molar-refractivity contribution >= 4 is 21.9 Å². The second-order valence-corrected chi connectivity index (χ2v) is 4.04. The first kappa shape index (κ1) is 14.5. The van der Waals surface area contributed by atoms with E-state index in [9.17, 15) is 13.6 Å². The summed E-state index contributed by atoms with van der Waals surface area (Å²) in [5, 5.41) is 8.85. The van der Waals surface area contributed by atoms with Crippen LogP contribution in [0.4, 0.5) is 8.78 Å². The number of hydrogen-bond donors (Lipinski definition) is 0. The summed E-state index contributed by atoms with van der Waals surface area (Å²) in [4.78, 5) is 15.0. The van der Waals surface area contributed by atoms with Gasteiger partial charge in [-0.1, -0.05) is 0 Å². The van der Waals surface area contributed by atoms with Gasteiger partial charge in [-0.15, -0.1) is 0 Å². The number of pyridine rings is 1. The second-order valence-electron chi connectivity index (χ2n) is 3.24. The molecule has 0 atom stereocenters. The van der Waals surface area contributed by atoms with Crippen LogP contribution < -0.4 is 0 Å². The van der Waals surface area contributed by atoms with E-state index in [0.29, 0.717) is 0 Å². The molecular weight excluding hydrogens is 310 g/mol. The summed E-state index contributed by atoms with van der Waals surface area (Å²) in [6, 6.07) is 1.67. The minimum atomic E-state index is -2.79. The van der Waals surface area contributed by atoms with Crippen molar-refractivity contribution in [2.24, 2.45) is 0 Å². The zero-order chi connectivity index (χ0) is 13.7. The molecule has 0 aliphatic carbocycles. The lowest BCUT2D eigenvalue weighted by Gasteiger charge is -2.08. The van der Waals surface area contributed by atoms with E-state index in [1.165, 1.54) is 0 Å². The Hall–Kier alpha value is -1.55. The molecule has 1 aromatic rings. The molecule has 0 saturated heterocycles. The van der Waals surface area contributed by atoms with Crippen molar-refractivity contribution in [2.75, 3.05) is 6.61 Å². The molecule has 0 aliphatic heterocycles. The topological polar surface area (TPSA) is 63.0 Å². The van der Waals surface area contributed by atoms with Gasteiger partial charge in [0.25, 0.3) is 6.43 Å². The van der Waals surface area contributed by atoms with E-state index in [1.807, 2.05) is 0 Å². The Morgan fingerprint density at radius 2 is 2.33 bits per heavy atom. The van der Waals surface area contributed by atoms with Crippen LogP contribution in [-0.2, 0) is 16.0 Å². The third-order valence-corrected chi connectivity index (χ3v) is 2.94. The normalized spacial score (nSPS) is 10.2. The first-order valence-electron chi connectivity index (χ1n) is 5.02. The number of nitriles is 1. The predicted octanol–water partition coefficient (Wildman–Crippen LogP) is 2.76. The van der Waals surface area contributed by atoms with Crippen molar-refractivity contribution in [1.82, 2.24) is 4.98 Å². The highest BCUT2D eigenvalue weighted by atomic mass is 79.9. The van der Waals surface area contributed by atoms with Gasteiger partial charge in [-0.3, -0.25) is 9.78 Å². The number of aromatic nitrogens is 1. The molecule has 18 heavy (non-hydrogen) atoms. The van der Waals surface area contributed by atoms with Gasteiger partial charge in [0.15, 0.2) is 0 Å². The number of halogens is 3. The van der Waals surface area contributed by atoms with Gasteiger partial charge in [-0.25, -0.2) is 8.78 Å². The minimum absolute atomic E-state index is 0.107. The molecule has 0 fully saturated rings. The van der Waals surface area contributed by atoms with Crippen LogP contribution in [0.2, 0.25) is 0 Å². The van der Waals surface area contributed by atoms with Crippen LogP contribution in [0, 0.1) is 11.3 Å². The number of nitrogens with zero attached hydrogens (tertiary/aromatic N) is 2. The number of alkyl halides is 2. The smallest absolute Gasteiger partial charge is 0.311 e. The number of hydrogen-bond acceptors (Lipinski definition) is 4. The number of carbonyl (C=O) groups is 1. The quantitative estimate of drug-likeness (QED) is 0.801. The molecule has 0 spiro atoms. The summed E-state index contributed by atoms with van der Waals surface area (Å²) >= 11 is 3.01. The Kier molecular flexibility index (Phi) is 5.16. The van der Waals surface area contributed by atoms with Crippen LogP contribution in [0.3, 0.4) is 0 Å². The monoisotopic (exact) mass is 318 g/mol. The first-order chi connectivity index (χ1) is 8.51. The van der Waals surface area contributed by atoms with E-state index in [2.05, 4.69) is 20.9 Å². The highest BCUT2D eigenvalue weighted by Crippen LogP contribution is 2.29. The van der Waals surface area contributed by atoms with Crippen molar-refractivity contribution in [3.8, 4) is 6.07 Å². The SMILES string of the molecule is CCOC(=O)Cc1ncc(C(F)F)c(C#N)c1Br. The Morgan fingerprint density at radius 3 is 2.83 bits per heavy atom. The fourth-order valence-electron chi connectivity index (χ4n) is 1.29. The molecule has 1 aromatic heterocycles. The zero-order valence-corrected chi connectivity index (χ0v) is 11.0. The Labute approximate surface area is 111 Å². The maximum Gasteiger partial charge on any atom is 0.311 e. The highest BCUT2D eigenvalue weighted by Gasteiger charge is 2.20. The Balaban J connectivity index is 3.11. The van der Waals surface area contributed by atoms with Crippen molar-refractivity contribution in [3.05, 3.63) is 27.5 Å². The molecule has 0 amide bonds. The molecular formula is C11H9BrF2N2O2. The molecule has 0 N–H and O–H groups in total. The summed E-state index contributed by atoms with van der Waals surface area (Å²) < 4.78 is 30.0. The lowest BCUT2D eigenvalue weighted by Crippen LogP contribution is -2.10. The Morgan fingerprint density at radius 1 is 1.67 bits per heavy atom. The minimum Gasteiger partial charge on any atom is -0.466 e. The molecule has 0 radical (unpaired) electrons. The van der Waals surface area contributed by atoms with Gasteiger partial charge in [0.1, 0.15) is 6.07 Å². The molecule has 0 unspecified atom stereocenters. The van der Waals surface area contributed by atoms with Crippen LogP contribution in [0.15, 0.2) is 10.7 Å². The number of esters is 1. The van der Waals surface area contributed by atoms with Crippen LogP contribution in [0.25, 0.3) is 0 Å².